The van der Waals surface area contributed by atoms with E-state index in [9.17, 15) is 26.4 Å². The molecule has 3 rings (SSSR count). The van der Waals surface area contributed by atoms with Gasteiger partial charge in [0.2, 0.25) is 5.91 Å². The zero-order valence-corrected chi connectivity index (χ0v) is 18.3. The first kappa shape index (κ1) is 24.3. The number of nitrogens with zero attached hydrogens (tertiary/aromatic N) is 1. The van der Waals surface area contributed by atoms with Gasteiger partial charge in [0.15, 0.2) is 5.75 Å². The number of nitrogens with one attached hydrogen (secondary N) is 1. The molecule has 0 aliphatic rings. The number of halogens is 4. The summed E-state index contributed by atoms with van der Waals surface area (Å²) in [7, 11) is -4.41. The predicted molar refractivity (Wildman–Crippen MR) is 117 cm³/mol. The number of benzene rings is 3. The normalized spacial score (nSPS) is 12.0. The number of amides is 1. The Bertz CT molecular complexity index is 1260. The van der Waals surface area contributed by atoms with E-state index in [2.05, 4.69) is 10.5 Å². The molecule has 0 radical (unpaired) electrons. The van der Waals surface area contributed by atoms with E-state index < -0.39 is 32.7 Å². The lowest BCUT2D eigenvalue weighted by Crippen LogP contribution is -2.19. The highest BCUT2D eigenvalue weighted by molar-refractivity contribution is 7.87. The Morgan fingerprint density at radius 3 is 2.27 bits per heavy atom. The van der Waals surface area contributed by atoms with Gasteiger partial charge in [-0.15, -0.1) is 0 Å². The summed E-state index contributed by atoms with van der Waals surface area (Å²) in [6, 6.07) is 15.6. The summed E-state index contributed by atoms with van der Waals surface area (Å²) < 4.78 is 68.2. The molecule has 0 atom stereocenters. The Labute approximate surface area is 192 Å². The number of para-hydroxylation sites is 1. The summed E-state index contributed by atoms with van der Waals surface area (Å²) in [4.78, 5) is 11.6. The summed E-state index contributed by atoms with van der Waals surface area (Å²) in [5.74, 6) is -0.530. The van der Waals surface area contributed by atoms with E-state index in [-0.39, 0.29) is 17.7 Å². The average Bonchev–Trinajstić information content (AvgIpc) is 2.76. The van der Waals surface area contributed by atoms with Crippen LogP contribution in [0.3, 0.4) is 0 Å². The molecule has 0 aromatic heterocycles. The molecule has 172 valence electrons. The van der Waals surface area contributed by atoms with Crippen LogP contribution < -0.4 is 9.61 Å². The predicted octanol–water partition coefficient (Wildman–Crippen LogP) is 4.82. The van der Waals surface area contributed by atoms with E-state index in [1.165, 1.54) is 24.4 Å². The topological polar surface area (TPSA) is 84.8 Å². The monoisotopic (exact) mass is 496 g/mol. The molecular formula is C22H16ClF3N2O4S. The van der Waals surface area contributed by atoms with Gasteiger partial charge in [-0.2, -0.15) is 26.7 Å². The highest BCUT2D eigenvalue weighted by atomic mass is 35.5. The van der Waals surface area contributed by atoms with Gasteiger partial charge in [0.05, 0.1) is 18.2 Å². The van der Waals surface area contributed by atoms with Crippen molar-refractivity contribution in [2.75, 3.05) is 0 Å². The van der Waals surface area contributed by atoms with Gasteiger partial charge in [-0.3, -0.25) is 4.79 Å². The van der Waals surface area contributed by atoms with Gasteiger partial charge >= 0.3 is 16.3 Å². The van der Waals surface area contributed by atoms with Crippen LogP contribution in [-0.2, 0) is 27.5 Å². The average molecular weight is 497 g/mol. The standard InChI is InChI=1S/C22H16ClF3N2O4S/c23-18-9-5-15(6-10-18)13-21(29)28-27-14-16-3-1-2-4-20(16)32-33(30,31)19-11-7-17(8-12-19)22(24,25)26/h1-12,14H,13H2,(H,28,29). The van der Waals surface area contributed by atoms with Gasteiger partial charge in [0, 0.05) is 10.6 Å². The largest absolute Gasteiger partial charge is 0.416 e. The summed E-state index contributed by atoms with van der Waals surface area (Å²) in [5.41, 5.74) is 2.28. The van der Waals surface area contributed by atoms with Crippen LogP contribution in [0, 0.1) is 0 Å². The van der Waals surface area contributed by atoms with E-state index in [1.54, 1.807) is 30.3 Å². The third kappa shape index (κ3) is 6.80. The molecule has 0 spiro atoms. The smallest absolute Gasteiger partial charge is 0.378 e. The molecule has 1 amide bonds. The molecule has 33 heavy (non-hydrogen) atoms. The summed E-state index contributed by atoms with van der Waals surface area (Å²) in [5, 5.41) is 4.35. The maximum atomic E-state index is 12.7. The highest BCUT2D eigenvalue weighted by Crippen LogP contribution is 2.30. The second kappa shape index (κ2) is 10.1. The van der Waals surface area contributed by atoms with Gasteiger partial charge in [-0.05, 0) is 54.1 Å². The number of hydrogen-bond acceptors (Lipinski definition) is 5. The summed E-state index contributed by atoms with van der Waals surface area (Å²) >= 11 is 5.80. The fraction of sp³-hybridized carbons (Fsp3) is 0.0909. The molecule has 1 N–H and O–H groups in total. The zero-order valence-electron chi connectivity index (χ0n) is 16.7. The van der Waals surface area contributed by atoms with Crippen LogP contribution >= 0.6 is 11.6 Å². The quantitative estimate of drug-likeness (QED) is 0.289. The Morgan fingerprint density at radius 2 is 1.64 bits per heavy atom. The highest BCUT2D eigenvalue weighted by Gasteiger charge is 2.31. The Kier molecular flexibility index (Phi) is 7.39. The second-order valence-corrected chi connectivity index (χ2v) is 8.68. The van der Waals surface area contributed by atoms with Crippen molar-refractivity contribution in [1.29, 1.82) is 0 Å². The Morgan fingerprint density at radius 1 is 1.00 bits per heavy atom. The lowest BCUT2D eigenvalue weighted by atomic mass is 10.1. The minimum absolute atomic E-state index is 0.0506. The minimum Gasteiger partial charge on any atom is -0.378 e. The molecule has 0 aliphatic heterocycles. The van der Waals surface area contributed by atoms with Crippen LogP contribution in [0.5, 0.6) is 5.75 Å². The van der Waals surface area contributed by atoms with E-state index in [0.29, 0.717) is 17.2 Å². The maximum Gasteiger partial charge on any atom is 0.416 e. The first-order chi connectivity index (χ1) is 15.5. The second-order valence-electron chi connectivity index (χ2n) is 6.69. The van der Waals surface area contributed by atoms with Crippen LogP contribution in [0.1, 0.15) is 16.7 Å². The van der Waals surface area contributed by atoms with Crippen LogP contribution in [0.25, 0.3) is 0 Å². The van der Waals surface area contributed by atoms with Crippen LogP contribution in [0.15, 0.2) is 82.8 Å². The maximum absolute atomic E-state index is 12.7. The molecule has 0 saturated heterocycles. The molecule has 11 heteroatoms. The van der Waals surface area contributed by atoms with Crippen LogP contribution in [0.2, 0.25) is 5.02 Å². The number of rotatable bonds is 7. The van der Waals surface area contributed by atoms with Crippen LogP contribution in [0.4, 0.5) is 13.2 Å². The third-order valence-corrected chi connectivity index (χ3v) is 5.76. The molecule has 0 heterocycles. The zero-order chi connectivity index (χ0) is 24.1. The van der Waals surface area contributed by atoms with Crippen molar-refractivity contribution >= 4 is 33.8 Å². The Hall–Kier alpha value is -3.37. The van der Waals surface area contributed by atoms with Gasteiger partial charge in [-0.1, -0.05) is 35.9 Å². The number of carbonyl (C=O) groups excluding carboxylic acids is 1. The molecule has 3 aromatic rings. The van der Waals surface area contributed by atoms with Gasteiger partial charge in [-0.25, -0.2) is 5.43 Å². The molecule has 0 saturated carbocycles. The fourth-order valence-corrected chi connectivity index (χ4v) is 3.72. The van der Waals surface area contributed by atoms with Crippen molar-refractivity contribution in [1.82, 2.24) is 5.43 Å². The third-order valence-electron chi connectivity index (χ3n) is 4.26. The summed E-state index contributed by atoms with van der Waals surface area (Å²) in [6.45, 7) is 0. The van der Waals surface area contributed by atoms with E-state index in [1.807, 2.05) is 0 Å². The van der Waals surface area contributed by atoms with Crippen molar-refractivity contribution in [2.24, 2.45) is 5.10 Å². The molecule has 0 bridgehead atoms. The lowest BCUT2D eigenvalue weighted by molar-refractivity contribution is -0.137. The van der Waals surface area contributed by atoms with E-state index in [0.717, 1.165) is 17.7 Å². The van der Waals surface area contributed by atoms with Crippen molar-refractivity contribution < 1.29 is 30.6 Å². The molecular weight excluding hydrogens is 481 g/mol. The Balaban J connectivity index is 1.69. The van der Waals surface area contributed by atoms with Crippen molar-refractivity contribution in [3.63, 3.8) is 0 Å². The molecule has 0 aliphatic carbocycles. The van der Waals surface area contributed by atoms with Gasteiger partial charge in [0.25, 0.3) is 0 Å². The SMILES string of the molecule is O=C(Cc1ccc(Cl)cc1)NN=Cc1ccccc1OS(=O)(=O)c1ccc(C(F)(F)F)cc1. The first-order valence-corrected chi connectivity index (χ1v) is 11.1. The molecule has 3 aromatic carbocycles. The van der Waals surface area contributed by atoms with Crippen molar-refractivity contribution in [3.05, 3.63) is 94.5 Å². The van der Waals surface area contributed by atoms with E-state index in [4.69, 9.17) is 15.8 Å². The molecule has 6 nitrogen and oxygen atoms in total. The van der Waals surface area contributed by atoms with Crippen LogP contribution in [-0.4, -0.2) is 20.5 Å². The number of hydrogen-bond donors (Lipinski definition) is 1. The number of carbonyl (C=O) groups is 1. The molecule has 0 unspecified atom stereocenters. The minimum atomic E-state index is -4.59. The van der Waals surface area contributed by atoms with Gasteiger partial charge in [0.1, 0.15) is 4.90 Å². The lowest BCUT2D eigenvalue weighted by Gasteiger charge is -2.11. The van der Waals surface area contributed by atoms with E-state index >= 15 is 0 Å². The number of alkyl halides is 3. The first-order valence-electron chi connectivity index (χ1n) is 9.32. The fourth-order valence-electron chi connectivity index (χ4n) is 2.64. The molecule has 0 fully saturated rings. The van der Waals surface area contributed by atoms with Crippen molar-refractivity contribution in [3.8, 4) is 5.75 Å². The number of hydrazone groups is 1. The van der Waals surface area contributed by atoms with Crippen molar-refractivity contribution in [2.45, 2.75) is 17.5 Å². The summed E-state index contributed by atoms with van der Waals surface area (Å²) in [6.07, 6.45) is -3.35. The van der Waals surface area contributed by atoms with Gasteiger partial charge < -0.3 is 4.18 Å².